The van der Waals surface area contributed by atoms with Crippen LogP contribution in [0.25, 0.3) is 0 Å². The Morgan fingerprint density at radius 1 is 1.33 bits per heavy atom. The zero-order valence-electron chi connectivity index (χ0n) is 10.9. The van der Waals surface area contributed by atoms with Gasteiger partial charge in [-0.1, -0.05) is 25.1 Å². The van der Waals surface area contributed by atoms with E-state index in [2.05, 4.69) is 0 Å². The molecule has 2 unspecified atom stereocenters. The molecule has 1 saturated carbocycles. The summed E-state index contributed by atoms with van der Waals surface area (Å²) in [7, 11) is 0. The number of nitrogens with zero attached hydrogens (tertiary/aromatic N) is 1. The first-order chi connectivity index (χ1) is 8.58. The fourth-order valence-corrected chi connectivity index (χ4v) is 3.08. The third kappa shape index (κ3) is 3.20. The van der Waals surface area contributed by atoms with Crippen LogP contribution in [0.1, 0.15) is 45.4 Å². The summed E-state index contributed by atoms with van der Waals surface area (Å²) in [5.41, 5.74) is 5.62. The Kier molecular flexibility index (Phi) is 4.56. The summed E-state index contributed by atoms with van der Waals surface area (Å²) in [4.78, 5) is 14.7. The first kappa shape index (κ1) is 13.7. The molecule has 0 aromatic carbocycles. The van der Waals surface area contributed by atoms with E-state index in [4.69, 9.17) is 22.7 Å². The molecule has 2 aliphatic rings. The summed E-state index contributed by atoms with van der Waals surface area (Å²) in [6.45, 7) is 2.41. The largest absolute Gasteiger partial charge is 0.392 e. The van der Waals surface area contributed by atoms with Gasteiger partial charge in [-0.2, -0.15) is 0 Å². The molecule has 2 fully saturated rings. The molecule has 0 aromatic heterocycles. The molecule has 0 spiro atoms. The topological polar surface area (TPSA) is 55.6 Å². The van der Waals surface area contributed by atoms with Crippen molar-refractivity contribution in [3.63, 3.8) is 0 Å². The summed E-state index contributed by atoms with van der Waals surface area (Å²) in [5, 5.41) is 0. The van der Waals surface area contributed by atoms with Gasteiger partial charge in [0.05, 0.1) is 17.6 Å². The lowest BCUT2D eigenvalue weighted by molar-refractivity contribution is -0.144. The van der Waals surface area contributed by atoms with Gasteiger partial charge in [-0.25, -0.2) is 0 Å². The smallest absolute Gasteiger partial charge is 0.252 e. The number of hydrogen-bond donors (Lipinski definition) is 1. The Morgan fingerprint density at radius 2 is 2.00 bits per heavy atom. The molecule has 1 amide bonds. The van der Waals surface area contributed by atoms with Gasteiger partial charge in [-0.15, -0.1) is 0 Å². The van der Waals surface area contributed by atoms with Crippen LogP contribution < -0.4 is 5.73 Å². The molecule has 0 radical (unpaired) electrons. The third-order valence-electron chi connectivity index (χ3n) is 3.88. The van der Waals surface area contributed by atoms with Crippen LogP contribution in [0, 0.1) is 0 Å². The second-order valence-electron chi connectivity index (χ2n) is 5.38. The van der Waals surface area contributed by atoms with Crippen molar-refractivity contribution in [1.82, 2.24) is 4.90 Å². The molecule has 2 atom stereocenters. The van der Waals surface area contributed by atoms with Crippen molar-refractivity contribution >= 4 is 23.1 Å². The van der Waals surface area contributed by atoms with Gasteiger partial charge in [-0.3, -0.25) is 4.79 Å². The minimum absolute atomic E-state index is 0.0825. The predicted molar refractivity (Wildman–Crippen MR) is 74.3 cm³/mol. The minimum Gasteiger partial charge on any atom is -0.392 e. The molecule has 4 nitrogen and oxygen atoms in total. The van der Waals surface area contributed by atoms with Gasteiger partial charge < -0.3 is 15.4 Å². The van der Waals surface area contributed by atoms with Crippen LogP contribution in [-0.4, -0.2) is 40.6 Å². The molecular weight excluding hydrogens is 248 g/mol. The molecule has 102 valence electrons. The number of rotatable bonds is 4. The second kappa shape index (κ2) is 5.97. The van der Waals surface area contributed by atoms with Crippen LogP contribution in [0.5, 0.6) is 0 Å². The van der Waals surface area contributed by atoms with Crippen molar-refractivity contribution in [2.75, 3.05) is 6.54 Å². The Morgan fingerprint density at radius 3 is 2.50 bits per heavy atom. The van der Waals surface area contributed by atoms with Gasteiger partial charge in [-0.05, 0) is 32.6 Å². The lowest BCUT2D eigenvalue weighted by Gasteiger charge is -2.30. The standard InChI is InChI=1S/C13H22N2O2S/c1-9-6-7-11(17-9)13(16)15(8-12(14)18)10-4-2-3-5-10/h9-11H,2-8H2,1H3,(H2,14,18). The molecule has 1 saturated heterocycles. The summed E-state index contributed by atoms with van der Waals surface area (Å²) in [5.74, 6) is 0.0825. The van der Waals surface area contributed by atoms with E-state index in [0.29, 0.717) is 17.6 Å². The number of amides is 1. The monoisotopic (exact) mass is 270 g/mol. The minimum atomic E-state index is -0.282. The lowest BCUT2D eigenvalue weighted by Crippen LogP contribution is -2.48. The maximum atomic E-state index is 12.5. The van der Waals surface area contributed by atoms with Gasteiger partial charge in [0.25, 0.3) is 5.91 Å². The van der Waals surface area contributed by atoms with Crippen LogP contribution in [-0.2, 0) is 9.53 Å². The van der Waals surface area contributed by atoms with Gasteiger partial charge in [0.2, 0.25) is 0 Å². The normalized spacial score (nSPS) is 28.5. The SMILES string of the molecule is CC1CCC(C(=O)N(CC(N)=S)C2CCCC2)O1. The molecule has 0 aromatic rings. The highest BCUT2D eigenvalue weighted by atomic mass is 32.1. The molecule has 0 bridgehead atoms. The first-order valence-electron chi connectivity index (χ1n) is 6.82. The van der Waals surface area contributed by atoms with Gasteiger partial charge in [0.1, 0.15) is 6.10 Å². The average Bonchev–Trinajstić information content (AvgIpc) is 2.95. The van der Waals surface area contributed by atoms with Crippen LogP contribution >= 0.6 is 12.2 Å². The lowest BCUT2D eigenvalue weighted by atomic mass is 10.1. The highest BCUT2D eigenvalue weighted by Crippen LogP contribution is 2.27. The summed E-state index contributed by atoms with van der Waals surface area (Å²) >= 11 is 4.97. The number of ether oxygens (including phenoxy) is 1. The molecule has 1 aliphatic heterocycles. The molecule has 5 heteroatoms. The van der Waals surface area contributed by atoms with Crippen LogP contribution in [0.15, 0.2) is 0 Å². The van der Waals surface area contributed by atoms with E-state index in [1.807, 2.05) is 11.8 Å². The zero-order chi connectivity index (χ0) is 13.1. The van der Waals surface area contributed by atoms with E-state index in [1.54, 1.807) is 0 Å². The van der Waals surface area contributed by atoms with Crippen molar-refractivity contribution in [2.45, 2.75) is 63.7 Å². The van der Waals surface area contributed by atoms with E-state index in [1.165, 1.54) is 12.8 Å². The fraction of sp³-hybridized carbons (Fsp3) is 0.846. The molecule has 2 rings (SSSR count). The predicted octanol–water partition coefficient (Wildman–Crippen LogP) is 1.61. The number of nitrogens with two attached hydrogens (primary N) is 1. The summed E-state index contributed by atoms with van der Waals surface area (Å²) in [6.07, 6.45) is 6.20. The molecular formula is C13H22N2O2S. The van der Waals surface area contributed by atoms with Crippen LogP contribution in [0.3, 0.4) is 0 Å². The number of thiocarbonyl (C=S) groups is 1. The first-order valence-corrected chi connectivity index (χ1v) is 7.23. The molecule has 1 aliphatic carbocycles. The maximum Gasteiger partial charge on any atom is 0.252 e. The highest BCUT2D eigenvalue weighted by Gasteiger charge is 2.35. The Bertz CT molecular complexity index is 329. The summed E-state index contributed by atoms with van der Waals surface area (Å²) < 4.78 is 5.67. The van der Waals surface area contributed by atoms with Gasteiger partial charge in [0.15, 0.2) is 0 Å². The number of carbonyl (C=O) groups excluding carboxylic acids is 1. The van der Waals surface area contributed by atoms with Crippen LogP contribution in [0.2, 0.25) is 0 Å². The quantitative estimate of drug-likeness (QED) is 0.789. The van der Waals surface area contributed by atoms with Gasteiger partial charge in [0, 0.05) is 6.04 Å². The fourth-order valence-electron chi connectivity index (χ4n) is 2.94. The molecule has 1 heterocycles. The van der Waals surface area contributed by atoms with Crippen LogP contribution in [0.4, 0.5) is 0 Å². The van der Waals surface area contributed by atoms with Crippen molar-refractivity contribution < 1.29 is 9.53 Å². The van der Waals surface area contributed by atoms with Crippen molar-refractivity contribution in [3.8, 4) is 0 Å². The second-order valence-corrected chi connectivity index (χ2v) is 5.91. The maximum absolute atomic E-state index is 12.5. The highest BCUT2D eigenvalue weighted by molar-refractivity contribution is 7.80. The Balaban J connectivity index is 2.02. The van der Waals surface area contributed by atoms with Crippen molar-refractivity contribution in [2.24, 2.45) is 5.73 Å². The Labute approximate surface area is 114 Å². The van der Waals surface area contributed by atoms with E-state index in [0.717, 1.165) is 25.7 Å². The van der Waals surface area contributed by atoms with E-state index in [9.17, 15) is 4.79 Å². The number of carbonyl (C=O) groups is 1. The third-order valence-corrected chi connectivity index (χ3v) is 4.01. The van der Waals surface area contributed by atoms with E-state index >= 15 is 0 Å². The van der Waals surface area contributed by atoms with Crippen molar-refractivity contribution in [1.29, 1.82) is 0 Å². The molecule has 18 heavy (non-hydrogen) atoms. The molecule has 2 N–H and O–H groups in total. The average molecular weight is 270 g/mol. The summed E-state index contributed by atoms with van der Waals surface area (Å²) in [6, 6.07) is 0.304. The zero-order valence-corrected chi connectivity index (χ0v) is 11.7. The number of hydrogen-bond acceptors (Lipinski definition) is 3. The van der Waals surface area contributed by atoms with E-state index < -0.39 is 0 Å². The van der Waals surface area contributed by atoms with Crippen molar-refractivity contribution in [3.05, 3.63) is 0 Å². The van der Waals surface area contributed by atoms with Gasteiger partial charge >= 0.3 is 0 Å². The van der Waals surface area contributed by atoms with E-state index in [-0.39, 0.29) is 18.1 Å². The Hall–Kier alpha value is -0.680.